The summed E-state index contributed by atoms with van der Waals surface area (Å²) in [4.78, 5) is 32.0. The molecule has 0 unspecified atom stereocenters. The highest BCUT2D eigenvalue weighted by Gasteiger charge is 2.34. The lowest BCUT2D eigenvalue weighted by Crippen LogP contribution is -2.29. The van der Waals surface area contributed by atoms with Gasteiger partial charge in [-0.05, 0) is 85.9 Å². The Balaban J connectivity index is 1.35. The van der Waals surface area contributed by atoms with Crippen molar-refractivity contribution in [1.29, 1.82) is 0 Å². The molecule has 0 spiro atoms. The molecule has 3 aromatic heterocycles. The number of anilines is 1. The van der Waals surface area contributed by atoms with Gasteiger partial charge in [0.1, 0.15) is 5.82 Å². The van der Waals surface area contributed by atoms with E-state index in [1.165, 1.54) is 18.3 Å². The minimum Gasteiger partial charge on any atom is -0.350 e. The highest BCUT2D eigenvalue weighted by atomic mass is 19.1. The quantitative estimate of drug-likeness (QED) is 0.303. The average Bonchev–Trinajstić information content (AvgIpc) is 3.58. The third-order valence-electron chi connectivity index (χ3n) is 7.04. The summed E-state index contributed by atoms with van der Waals surface area (Å²) in [6.07, 6.45) is 4.97. The van der Waals surface area contributed by atoms with E-state index in [0.717, 1.165) is 34.1 Å². The number of carbonyl (C=O) groups is 2. The van der Waals surface area contributed by atoms with Gasteiger partial charge in [0.15, 0.2) is 5.65 Å². The maximum Gasteiger partial charge on any atom is 0.253 e. The van der Waals surface area contributed by atoms with Gasteiger partial charge in [0.05, 0.1) is 18.2 Å². The predicted molar refractivity (Wildman–Crippen MR) is 151 cm³/mol. The summed E-state index contributed by atoms with van der Waals surface area (Å²) in [5, 5.41) is 10.6. The lowest BCUT2D eigenvalue weighted by molar-refractivity contribution is -0.116. The Hall–Kier alpha value is -4.57. The molecule has 1 aliphatic carbocycles. The molecule has 1 atom stereocenters. The molecule has 1 saturated carbocycles. The number of nitrogens with one attached hydrogen (secondary N) is 2. The summed E-state index contributed by atoms with van der Waals surface area (Å²) < 4.78 is 40.4. The zero-order valence-corrected chi connectivity index (χ0v) is 22.1. The first kappa shape index (κ1) is 22.3. The van der Waals surface area contributed by atoms with Crippen molar-refractivity contribution in [2.45, 2.75) is 18.9 Å². The molecule has 5 aromatic rings. The van der Waals surface area contributed by atoms with Gasteiger partial charge in [-0.3, -0.25) is 14.9 Å². The fourth-order valence-corrected chi connectivity index (χ4v) is 4.95. The number of aryl methyl sites for hydroxylation is 1. The third-order valence-corrected chi connectivity index (χ3v) is 7.04. The second kappa shape index (κ2) is 10.2. The molecule has 9 nitrogen and oxygen atoms in total. The van der Waals surface area contributed by atoms with E-state index in [4.69, 9.17) is 4.11 Å². The van der Waals surface area contributed by atoms with Crippen molar-refractivity contribution in [2.75, 3.05) is 26.0 Å². The third kappa shape index (κ3) is 5.17. The summed E-state index contributed by atoms with van der Waals surface area (Å²) in [5.74, 6) is -0.586. The van der Waals surface area contributed by atoms with E-state index in [1.54, 1.807) is 66.1 Å². The number of benzene rings is 2. The van der Waals surface area contributed by atoms with Gasteiger partial charge in [0.2, 0.25) is 11.9 Å². The number of fused-ring (bicyclic) bond motifs is 2. The molecule has 2 N–H and O–H groups in total. The van der Waals surface area contributed by atoms with Crippen molar-refractivity contribution < 1.29 is 18.1 Å². The van der Waals surface area contributed by atoms with E-state index >= 15 is 0 Å². The molecule has 1 fully saturated rings. The maximum absolute atomic E-state index is 13.7. The summed E-state index contributed by atoms with van der Waals surface area (Å²) in [6.45, 7) is -2.31. The largest absolute Gasteiger partial charge is 0.350 e. The molecule has 1 aliphatic rings. The molecule has 0 aliphatic heterocycles. The van der Waals surface area contributed by atoms with Crippen LogP contribution < -0.4 is 10.6 Å². The molecular formula is C30H30FN7O2. The number of likely N-dealkylation sites (N-methyl/N-ethyl adjacent to an activating group) is 1. The Kier molecular flexibility index (Phi) is 5.68. The number of hydrogen-bond donors (Lipinski definition) is 2. The number of amides is 2. The van der Waals surface area contributed by atoms with Crippen LogP contribution in [0.3, 0.4) is 0 Å². The fraction of sp³-hybridized carbons (Fsp3) is 0.267. The van der Waals surface area contributed by atoms with E-state index < -0.39 is 12.9 Å². The first-order chi connectivity index (χ1) is 20.5. The van der Waals surface area contributed by atoms with Crippen LogP contribution in [0.2, 0.25) is 0 Å². The van der Waals surface area contributed by atoms with E-state index in [9.17, 15) is 14.0 Å². The van der Waals surface area contributed by atoms with Crippen molar-refractivity contribution in [1.82, 2.24) is 29.4 Å². The van der Waals surface area contributed by atoms with Gasteiger partial charge < -0.3 is 14.8 Å². The van der Waals surface area contributed by atoms with Crippen molar-refractivity contribution in [2.24, 2.45) is 12.9 Å². The van der Waals surface area contributed by atoms with Crippen LogP contribution in [0.1, 0.15) is 38.9 Å². The van der Waals surface area contributed by atoms with Gasteiger partial charge in [0, 0.05) is 34.4 Å². The minimum atomic E-state index is -2.50. The van der Waals surface area contributed by atoms with Crippen molar-refractivity contribution >= 4 is 34.3 Å². The highest BCUT2D eigenvalue weighted by molar-refractivity contribution is 6.08. The van der Waals surface area contributed by atoms with Gasteiger partial charge in [0.25, 0.3) is 5.91 Å². The normalized spacial score (nSPS) is 15.6. The highest BCUT2D eigenvalue weighted by Crippen LogP contribution is 2.41. The smallest absolute Gasteiger partial charge is 0.253 e. The van der Waals surface area contributed by atoms with Gasteiger partial charge in [-0.15, -0.1) is 5.10 Å². The standard InChI is InChI=1S/C30H30FN7O2/c1-36(2)17-27(39)33-30-32-26-15-21(12-13-38(26)35-30)20-8-11-25-23(14-20)24(16-37(25)3)29(40)34-28(18-4-5-18)19-6-9-22(31)10-7-19/h6-16,18,28H,4-5,17H2,1-3H3,(H,34,40)(H,33,35,39)/t28-/m0/s1/i3D3. The van der Waals surface area contributed by atoms with Crippen LogP contribution in [0, 0.1) is 11.7 Å². The number of hydrogen-bond acceptors (Lipinski definition) is 5. The molecular weight excluding hydrogens is 509 g/mol. The average molecular weight is 543 g/mol. The van der Waals surface area contributed by atoms with Crippen molar-refractivity contribution in [3.05, 3.63) is 83.9 Å². The Labute approximate surface area is 234 Å². The molecule has 3 heterocycles. The number of rotatable bonds is 8. The number of aromatic nitrogens is 4. The second-order valence-electron chi connectivity index (χ2n) is 10.4. The van der Waals surface area contributed by atoms with Gasteiger partial charge in [-0.2, -0.15) is 4.98 Å². The van der Waals surface area contributed by atoms with Crippen LogP contribution in [0.25, 0.3) is 27.7 Å². The number of carbonyl (C=O) groups excluding carboxylic acids is 2. The molecule has 0 radical (unpaired) electrons. The minimum absolute atomic E-state index is 0.180. The van der Waals surface area contributed by atoms with E-state index in [1.807, 2.05) is 6.07 Å². The van der Waals surface area contributed by atoms with Crippen molar-refractivity contribution in [3.8, 4) is 11.1 Å². The second-order valence-corrected chi connectivity index (χ2v) is 10.4. The van der Waals surface area contributed by atoms with Crippen LogP contribution >= 0.6 is 0 Å². The summed E-state index contributed by atoms with van der Waals surface area (Å²) >= 11 is 0. The van der Waals surface area contributed by atoms with Gasteiger partial charge in [-0.1, -0.05) is 18.2 Å². The molecule has 204 valence electrons. The van der Waals surface area contributed by atoms with E-state index in [2.05, 4.69) is 20.7 Å². The van der Waals surface area contributed by atoms with E-state index in [0.29, 0.717) is 16.6 Å². The lowest BCUT2D eigenvalue weighted by Gasteiger charge is -2.19. The zero-order valence-electron chi connectivity index (χ0n) is 25.1. The maximum atomic E-state index is 13.7. The summed E-state index contributed by atoms with van der Waals surface area (Å²) in [6, 6.07) is 14.7. The Bertz CT molecular complexity index is 1840. The van der Waals surface area contributed by atoms with Gasteiger partial charge in [-0.25, -0.2) is 8.91 Å². The first-order valence-corrected chi connectivity index (χ1v) is 13.0. The van der Waals surface area contributed by atoms with E-state index in [-0.39, 0.29) is 41.7 Å². The zero-order chi connectivity index (χ0) is 30.5. The van der Waals surface area contributed by atoms with Gasteiger partial charge >= 0.3 is 0 Å². The predicted octanol–water partition coefficient (Wildman–Crippen LogP) is 4.41. The van der Waals surface area contributed by atoms with Crippen LogP contribution in [0.5, 0.6) is 0 Å². The lowest BCUT2D eigenvalue weighted by atomic mass is 10.0. The Morgan fingerprint density at radius 3 is 2.62 bits per heavy atom. The molecule has 6 rings (SSSR count). The molecule has 0 saturated heterocycles. The van der Waals surface area contributed by atoms with Crippen LogP contribution in [-0.2, 0) is 11.8 Å². The number of pyridine rings is 1. The SMILES string of the molecule is [2H]C([2H])([2H])n1cc(C(=O)N[C@H](c2ccc(F)cc2)C2CC2)c2cc(-c3ccn4nc(NC(=O)CN(C)C)nc4c3)ccc21. The van der Waals surface area contributed by atoms with Crippen LogP contribution in [0.4, 0.5) is 10.3 Å². The van der Waals surface area contributed by atoms with Crippen LogP contribution in [0.15, 0.2) is 67.0 Å². The first-order valence-electron chi connectivity index (χ1n) is 14.5. The molecule has 2 aromatic carbocycles. The molecule has 2 amide bonds. The molecule has 10 heteroatoms. The molecule has 0 bridgehead atoms. The van der Waals surface area contributed by atoms with Crippen molar-refractivity contribution in [3.63, 3.8) is 0 Å². The number of nitrogens with zero attached hydrogens (tertiary/aromatic N) is 5. The van der Waals surface area contributed by atoms with Crippen LogP contribution in [-0.4, -0.2) is 56.5 Å². The Morgan fingerprint density at radius 2 is 1.90 bits per heavy atom. The Morgan fingerprint density at radius 1 is 1.12 bits per heavy atom. The summed E-state index contributed by atoms with van der Waals surface area (Å²) in [7, 11) is 3.58. The molecule has 40 heavy (non-hydrogen) atoms. The topological polar surface area (TPSA) is 96.6 Å². The number of halogens is 1. The summed E-state index contributed by atoms with van der Waals surface area (Å²) in [5.41, 5.74) is 3.44. The fourth-order valence-electron chi connectivity index (χ4n) is 4.95. The monoisotopic (exact) mass is 542 g/mol.